The number of hydrogen-bond acceptors (Lipinski definition) is 3. The Morgan fingerprint density at radius 2 is 1.78 bits per heavy atom. The molecule has 0 spiro atoms. The lowest BCUT2D eigenvalue weighted by Crippen LogP contribution is -2.12. The SMILES string of the molecule is C.O=C(Nc1cc(Cl)cc(Cl)c1)c1ccc2cccnc2c1O. The summed E-state index contributed by atoms with van der Waals surface area (Å²) < 4.78 is 0. The highest BCUT2D eigenvalue weighted by Crippen LogP contribution is 2.28. The van der Waals surface area contributed by atoms with Gasteiger partial charge in [-0.25, -0.2) is 0 Å². The summed E-state index contributed by atoms with van der Waals surface area (Å²) in [6.45, 7) is 0. The number of fused-ring (bicyclic) bond motifs is 1. The molecule has 3 aromatic rings. The van der Waals surface area contributed by atoms with E-state index < -0.39 is 5.91 Å². The molecule has 23 heavy (non-hydrogen) atoms. The molecular formula is C17H14Cl2N2O2. The van der Waals surface area contributed by atoms with E-state index in [9.17, 15) is 9.90 Å². The lowest BCUT2D eigenvalue weighted by molar-refractivity contribution is 0.102. The number of phenolic OH excluding ortho intramolecular Hbond substituents is 1. The molecule has 0 bridgehead atoms. The van der Waals surface area contributed by atoms with Gasteiger partial charge in [0, 0.05) is 27.3 Å². The molecule has 0 aliphatic heterocycles. The van der Waals surface area contributed by atoms with Crippen molar-refractivity contribution in [2.75, 3.05) is 5.32 Å². The number of carbonyl (C=O) groups is 1. The van der Waals surface area contributed by atoms with Gasteiger partial charge in [-0.3, -0.25) is 9.78 Å². The van der Waals surface area contributed by atoms with Crippen LogP contribution in [-0.4, -0.2) is 16.0 Å². The molecule has 1 aromatic heterocycles. The van der Waals surface area contributed by atoms with Crippen molar-refractivity contribution in [3.05, 3.63) is 64.3 Å². The monoisotopic (exact) mass is 348 g/mol. The van der Waals surface area contributed by atoms with E-state index in [0.717, 1.165) is 5.39 Å². The predicted molar refractivity (Wildman–Crippen MR) is 94.6 cm³/mol. The lowest BCUT2D eigenvalue weighted by atomic mass is 10.1. The second-order valence-corrected chi connectivity index (χ2v) is 5.52. The Balaban J connectivity index is 0.00000192. The molecule has 0 unspecified atom stereocenters. The first-order valence-electron chi connectivity index (χ1n) is 6.39. The summed E-state index contributed by atoms with van der Waals surface area (Å²) in [6, 6.07) is 11.5. The number of nitrogens with one attached hydrogen (secondary N) is 1. The Bertz CT molecular complexity index is 861. The van der Waals surface area contributed by atoms with Gasteiger partial charge in [-0.05, 0) is 30.3 Å². The number of hydrogen-bond donors (Lipinski definition) is 2. The summed E-state index contributed by atoms with van der Waals surface area (Å²) >= 11 is 11.8. The number of carbonyl (C=O) groups excluding carboxylic acids is 1. The van der Waals surface area contributed by atoms with Crippen LogP contribution >= 0.6 is 23.2 Å². The Hall–Kier alpha value is -2.30. The number of phenols is 1. The molecule has 0 aliphatic carbocycles. The topological polar surface area (TPSA) is 62.2 Å². The summed E-state index contributed by atoms with van der Waals surface area (Å²) in [4.78, 5) is 16.4. The fraction of sp³-hybridized carbons (Fsp3) is 0.0588. The van der Waals surface area contributed by atoms with E-state index in [1.165, 1.54) is 0 Å². The highest BCUT2D eigenvalue weighted by atomic mass is 35.5. The Morgan fingerprint density at radius 1 is 1.09 bits per heavy atom. The molecule has 0 radical (unpaired) electrons. The fourth-order valence-corrected chi connectivity index (χ4v) is 2.66. The number of benzene rings is 2. The largest absolute Gasteiger partial charge is 0.505 e. The van der Waals surface area contributed by atoms with Crippen LogP contribution in [-0.2, 0) is 0 Å². The maximum absolute atomic E-state index is 12.3. The molecule has 0 fully saturated rings. The minimum Gasteiger partial charge on any atom is -0.505 e. The van der Waals surface area contributed by atoms with E-state index in [0.29, 0.717) is 21.2 Å². The van der Waals surface area contributed by atoms with Gasteiger partial charge in [0.25, 0.3) is 5.91 Å². The van der Waals surface area contributed by atoms with E-state index in [-0.39, 0.29) is 18.7 Å². The van der Waals surface area contributed by atoms with Crippen molar-refractivity contribution >= 4 is 45.7 Å². The van der Waals surface area contributed by atoms with Crippen molar-refractivity contribution < 1.29 is 9.90 Å². The van der Waals surface area contributed by atoms with E-state index >= 15 is 0 Å². The second-order valence-electron chi connectivity index (χ2n) is 4.65. The highest BCUT2D eigenvalue weighted by molar-refractivity contribution is 6.35. The van der Waals surface area contributed by atoms with Crippen molar-refractivity contribution in [2.45, 2.75) is 7.43 Å². The van der Waals surface area contributed by atoms with Gasteiger partial charge in [0.1, 0.15) is 5.52 Å². The smallest absolute Gasteiger partial charge is 0.259 e. The molecule has 0 saturated heterocycles. The normalized spacial score (nSPS) is 10.2. The van der Waals surface area contributed by atoms with Crippen molar-refractivity contribution in [3.8, 4) is 5.75 Å². The average Bonchev–Trinajstić information content (AvgIpc) is 2.46. The first kappa shape index (κ1) is 17.1. The summed E-state index contributed by atoms with van der Waals surface area (Å²) in [7, 11) is 0. The number of pyridine rings is 1. The van der Waals surface area contributed by atoms with E-state index in [2.05, 4.69) is 10.3 Å². The average molecular weight is 349 g/mol. The third-order valence-electron chi connectivity index (χ3n) is 3.11. The van der Waals surface area contributed by atoms with Crippen LogP contribution in [0.1, 0.15) is 17.8 Å². The molecule has 1 heterocycles. The van der Waals surface area contributed by atoms with Gasteiger partial charge in [0.15, 0.2) is 5.75 Å². The summed E-state index contributed by atoms with van der Waals surface area (Å²) in [5.41, 5.74) is 0.949. The zero-order valence-electron chi connectivity index (χ0n) is 11.2. The molecule has 4 nitrogen and oxygen atoms in total. The van der Waals surface area contributed by atoms with Crippen LogP contribution in [0.25, 0.3) is 10.9 Å². The molecule has 2 N–H and O–H groups in total. The van der Waals surface area contributed by atoms with Crippen LogP contribution < -0.4 is 5.32 Å². The van der Waals surface area contributed by atoms with Crippen LogP contribution in [0.5, 0.6) is 5.75 Å². The summed E-state index contributed by atoms with van der Waals surface area (Å²) in [5.74, 6) is -0.632. The van der Waals surface area contributed by atoms with Crippen molar-refractivity contribution in [2.24, 2.45) is 0 Å². The van der Waals surface area contributed by atoms with Gasteiger partial charge in [0.2, 0.25) is 0 Å². The Labute approximate surface area is 143 Å². The predicted octanol–water partition coefficient (Wildman–Crippen LogP) is 5.14. The van der Waals surface area contributed by atoms with E-state index in [1.807, 2.05) is 0 Å². The van der Waals surface area contributed by atoms with Crippen molar-refractivity contribution in [1.82, 2.24) is 4.98 Å². The Morgan fingerprint density at radius 3 is 2.48 bits per heavy atom. The zero-order valence-corrected chi connectivity index (χ0v) is 12.7. The zero-order chi connectivity index (χ0) is 15.7. The molecule has 118 valence electrons. The van der Waals surface area contributed by atoms with Gasteiger partial charge < -0.3 is 10.4 Å². The van der Waals surface area contributed by atoms with Crippen molar-refractivity contribution in [1.29, 1.82) is 0 Å². The van der Waals surface area contributed by atoms with Crippen LogP contribution in [0, 0.1) is 0 Å². The van der Waals surface area contributed by atoms with E-state index in [1.54, 1.807) is 48.7 Å². The van der Waals surface area contributed by atoms with Gasteiger partial charge >= 0.3 is 0 Å². The van der Waals surface area contributed by atoms with Crippen molar-refractivity contribution in [3.63, 3.8) is 0 Å². The van der Waals surface area contributed by atoms with Crippen LogP contribution in [0.15, 0.2) is 48.7 Å². The summed E-state index contributed by atoms with van der Waals surface area (Å²) in [5, 5.41) is 14.5. The van der Waals surface area contributed by atoms with Crippen LogP contribution in [0.2, 0.25) is 10.0 Å². The minimum atomic E-state index is -0.469. The molecule has 3 rings (SSSR count). The number of rotatable bonds is 2. The number of halogens is 2. The van der Waals surface area contributed by atoms with Crippen LogP contribution in [0.3, 0.4) is 0 Å². The lowest BCUT2D eigenvalue weighted by Gasteiger charge is -2.09. The third kappa shape index (κ3) is 3.55. The molecule has 0 atom stereocenters. The van der Waals surface area contributed by atoms with Gasteiger partial charge in [0.05, 0.1) is 5.56 Å². The van der Waals surface area contributed by atoms with Gasteiger partial charge in [-0.2, -0.15) is 0 Å². The summed E-state index contributed by atoms with van der Waals surface area (Å²) in [6.07, 6.45) is 1.56. The number of amides is 1. The quantitative estimate of drug-likeness (QED) is 0.674. The third-order valence-corrected chi connectivity index (χ3v) is 3.55. The number of anilines is 1. The standard InChI is InChI=1S/C16H10Cl2N2O2.CH4/c17-10-6-11(18)8-12(7-10)20-16(22)13-4-3-9-2-1-5-19-14(9)15(13)21;/h1-8,21H,(H,20,22);1H4. The first-order valence-corrected chi connectivity index (χ1v) is 7.14. The number of aromatic nitrogens is 1. The Kier molecular flexibility index (Phi) is 5.08. The first-order chi connectivity index (χ1) is 10.5. The van der Waals surface area contributed by atoms with Crippen LogP contribution in [0.4, 0.5) is 5.69 Å². The van der Waals surface area contributed by atoms with Gasteiger partial charge in [-0.15, -0.1) is 0 Å². The number of aromatic hydroxyl groups is 1. The second kappa shape index (κ2) is 6.86. The van der Waals surface area contributed by atoms with Gasteiger partial charge in [-0.1, -0.05) is 42.8 Å². The molecular weight excluding hydrogens is 335 g/mol. The molecule has 0 aliphatic rings. The number of nitrogens with zero attached hydrogens (tertiary/aromatic N) is 1. The maximum atomic E-state index is 12.3. The molecule has 2 aromatic carbocycles. The fourth-order valence-electron chi connectivity index (χ4n) is 2.14. The molecule has 0 saturated carbocycles. The molecule has 1 amide bonds. The van der Waals surface area contributed by atoms with E-state index in [4.69, 9.17) is 23.2 Å². The maximum Gasteiger partial charge on any atom is 0.259 e. The highest BCUT2D eigenvalue weighted by Gasteiger charge is 2.15. The minimum absolute atomic E-state index is 0. The molecule has 6 heteroatoms.